The van der Waals surface area contributed by atoms with E-state index in [1.54, 1.807) is 0 Å². The smallest absolute Gasteiger partial charge is 0.248 e. The van der Waals surface area contributed by atoms with Gasteiger partial charge in [0.05, 0.1) is 21.7 Å². The summed E-state index contributed by atoms with van der Waals surface area (Å²) in [4.78, 5) is 19.3. The molecule has 0 atom stereocenters. The third-order valence-corrected chi connectivity index (χ3v) is 7.56. The quantitative estimate of drug-likeness (QED) is 0.398. The number of aromatic nitrogens is 1. The second-order valence-corrected chi connectivity index (χ2v) is 10.9. The van der Waals surface area contributed by atoms with Crippen molar-refractivity contribution in [2.75, 3.05) is 16.4 Å². The number of thiazole rings is 1. The van der Waals surface area contributed by atoms with Crippen molar-refractivity contribution < 1.29 is 13.2 Å². The molecule has 3 rings (SSSR count). The van der Waals surface area contributed by atoms with E-state index in [9.17, 15) is 13.2 Å². The van der Waals surface area contributed by atoms with Crippen molar-refractivity contribution in [3.63, 3.8) is 0 Å². The van der Waals surface area contributed by atoms with E-state index < -0.39 is 21.5 Å². The largest absolute Gasteiger partial charge is 0.273 e. The molecule has 0 unspecified atom stereocenters. The number of sulfone groups is 1. The van der Waals surface area contributed by atoms with Gasteiger partial charge in [0.2, 0.25) is 5.91 Å². The van der Waals surface area contributed by atoms with E-state index in [0.717, 1.165) is 28.6 Å². The van der Waals surface area contributed by atoms with Crippen molar-refractivity contribution >= 4 is 48.1 Å². The number of rotatable bonds is 9. The zero-order chi connectivity index (χ0) is 21.7. The van der Waals surface area contributed by atoms with E-state index in [1.807, 2.05) is 55.5 Å². The van der Waals surface area contributed by atoms with Gasteiger partial charge in [0, 0.05) is 0 Å². The van der Waals surface area contributed by atoms with Gasteiger partial charge in [0.1, 0.15) is 5.75 Å². The lowest BCUT2D eigenvalue weighted by molar-refractivity contribution is -0.115. The average Bonchev–Trinajstić information content (AvgIpc) is 3.11. The van der Waals surface area contributed by atoms with Gasteiger partial charge >= 0.3 is 0 Å². The van der Waals surface area contributed by atoms with Crippen LogP contribution in [0.15, 0.2) is 48.5 Å². The molecule has 1 amide bonds. The van der Waals surface area contributed by atoms with Crippen LogP contribution in [0.4, 0.5) is 10.8 Å². The van der Waals surface area contributed by atoms with Gasteiger partial charge in [0.25, 0.3) is 0 Å². The summed E-state index contributed by atoms with van der Waals surface area (Å²) < 4.78 is 26.0. The number of unbranched alkanes of at least 4 members (excludes halogenated alkanes) is 2. The second-order valence-electron chi connectivity index (χ2n) is 7.74. The molecule has 0 spiro atoms. The third kappa shape index (κ3) is 5.46. The molecule has 0 aliphatic heterocycles. The van der Waals surface area contributed by atoms with Gasteiger partial charge in [-0.25, -0.2) is 13.4 Å². The average molecular weight is 445 g/mol. The molecule has 3 aromatic rings. The Morgan fingerprint density at radius 3 is 2.40 bits per heavy atom. The van der Waals surface area contributed by atoms with E-state index in [4.69, 9.17) is 0 Å². The number of para-hydroxylation sites is 1. The maximum atomic E-state index is 13.2. The summed E-state index contributed by atoms with van der Waals surface area (Å²) in [6, 6.07) is 15.3. The molecule has 7 heteroatoms. The van der Waals surface area contributed by atoms with Gasteiger partial charge in [-0.15, -0.1) is 0 Å². The summed E-state index contributed by atoms with van der Waals surface area (Å²) in [6.07, 6.45) is 2.35. The number of nitrogens with zero attached hydrogens (tertiary/aromatic N) is 2. The summed E-state index contributed by atoms with van der Waals surface area (Å²) in [5.41, 5.74) is 2.58. The topological polar surface area (TPSA) is 67.3 Å². The van der Waals surface area contributed by atoms with Gasteiger partial charge in [-0.05, 0) is 42.2 Å². The second kappa shape index (κ2) is 9.71. The first-order valence-corrected chi connectivity index (χ1v) is 12.9. The Labute approximate surface area is 182 Å². The molecule has 0 N–H and O–H groups in total. The molecule has 0 radical (unpaired) electrons. The van der Waals surface area contributed by atoms with E-state index in [1.165, 1.54) is 16.2 Å². The highest BCUT2D eigenvalue weighted by atomic mass is 32.2. The van der Waals surface area contributed by atoms with Crippen LogP contribution in [0, 0.1) is 0 Å². The fourth-order valence-electron chi connectivity index (χ4n) is 3.22. The summed E-state index contributed by atoms with van der Waals surface area (Å²) in [5.74, 6) is -0.585. The monoisotopic (exact) mass is 444 g/mol. The van der Waals surface area contributed by atoms with Gasteiger partial charge in [-0.1, -0.05) is 69.2 Å². The number of hydrogen-bond acceptors (Lipinski definition) is 5. The summed E-state index contributed by atoms with van der Waals surface area (Å²) in [7, 11) is -3.48. The number of carbonyl (C=O) groups excluding carboxylic acids is 1. The molecule has 160 valence electrons. The minimum Gasteiger partial charge on any atom is -0.273 e. The number of anilines is 2. The number of amides is 1. The summed E-state index contributed by atoms with van der Waals surface area (Å²) in [5, 5.41) is 0.488. The van der Waals surface area contributed by atoms with Crippen LogP contribution in [0.25, 0.3) is 10.2 Å². The minimum absolute atomic E-state index is 0.0343. The predicted molar refractivity (Wildman–Crippen MR) is 125 cm³/mol. The molecule has 0 bridgehead atoms. The first-order valence-electron chi connectivity index (χ1n) is 10.3. The SMILES string of the molecule is CCCCCS(=O)(=O)CC(=O)N(c1ccc(C(C)C)cc1)c1nc2ccccc2s1. The van der Waals surface area contributed by atoms with Crippen LogP contribution in [0.3, 0.4) is 0 Å². The van der Waals surface area contributed by atoms with Crippen molar-refractivity contribution in [2.45, 2.75) is 46.0 Å². The number of fused-ring (bicyclic) bond motifs is 1. The van der Waals surface area contributed by atoms with E-state index in [0.29, 0.717) is 23.2 Å². The Bertz CT molecular complexity index is 1070. The molecule has 0 aliphatic carbocycles. The van der Waals surface area contributed by atoms with Gasteiger partial charge in [-0.3, -0.25) is 9.69 Å². The lowest BCUT2D eigenvalue weighted by Gasteiger charge is -2.21. The molecule has 1 heterocycles. The standard InChI is InChI=1S/C23H28N2O3S2/c1-4-5-8-15-30(27,28)16-22(26)25(19-13-11-18(12-14-19)17(2)3)23-24-20-9-6-7-10-21(20)29-23/h6-7,9-14,17H,4-5,8,15-16H2,1-3H3. The normalized spacial score (nSPS) is 11.9. The van der Waals surface area contributed by atoms with Crippen molar-refractivity contribution in [3.8, 4) is 0 Å². The fraction of sp³-hybridized carbons (Fsp3) is 0.391. The number of benzene rings is 2. The molecule has 0 saturated carbocycles. The molecular formula is C23H28N2O3S2. The molecule has 30 heavy (non-hydrogen) atoms. The zero-order valence-corrected chi connectivity index (χ0v) is 19.3. The Hall–Kier alpha value is -2.25. The first-order chi connectivity index (χ1) is 14.3. The van der Waals surface area contributed by atoms with Crippen LogP contribution in [-0.4, -0.2) is 30.8 Å². The zero-order valence-electron chi connectivity index (χ0n) is 17.7. The van der Waals surface area contributed by atoms with Crippen molar-refractivity contribution in [3.05, 3.63) is 54.1 Å². The Morgan fingerprint density at radius 2 is 1.77 bits per heavy atom. The molecule has 0 fully saturated rings. The summed E-state index contributed by atoms with van der Waals surface area (Å²) in [6.45, 7) is 6.23. The molecule has 0 saturated heterocycles. The minimum atomic E-state index is -3.48. The van der Waals surface area contributed by atoms with Crippen molar-refractivity contribution in [2.24, 2.45) is 0 Å². The maximum Gasteiger partial charge on any atom is 0.248 e. The molecular weight excluding hydrogens is 416 g/mol. The van der Waals surface area contributed by atoms with Crippen molar-refractivity contribution in [1.82, 2.24) is 4.98 Å². The Kier molecular flexibility index (Phi) is 7.26. The first kappa shape index (κ1) is 22.4. The van der Waals surface area contributed by atoms with Crippen LogP contribution in [0.2, 0.25) is 0 Å². The van der Waals surface area contributed by atoms with E-state index >= 15 is 0 Å². The van der Waals surface area contributed by atoms with Gasteiger partial charge in [-0.2, -0.15) is 0 Å². The third-order valence-electron chi connectivity index (χ3n) is 4.94. The highest BCUT2D eigenvalue weighted by Gasteiger charge is 2.26. The van der Waals surface area contributed by atoms with Crippen LogP contribution < -0.4 is 4.90 Å². The van der Waals surface area contributed by atoms with Gasteiger partial charge in [0.15, 0.2) is 15.0 Å². The highest BCUT2D eigenvalue weighted by molar-refractivity contribution is 7.92. The molecule has 2 aromatic carbocycles. The molecule has 5 nitrogen and oxygen atoms in total. The fourth-order valence-corrected chi connectivity index (χ4v) is 5.52. The van der Waals surface area contributed by atoms with Crippen LogP contribution in [-0.2, 0) is 14.6 Å². The number of carbonyl (C=O) groups is 1. The maximum absolute atomic E-state index is 13.2. The Morgan fingerprint density at radius 1 is 1.07 bits per heavy atom. The summed E-state index contributed by atoms with van der Waals surface area (Å²) >= 11 is 1.39. The Balaban J connectivity index is 1.95. The van der Waals surface area contributed by atoms with E-state index in [-0.39, 0.29) is 5.75 Å². The van der Waals surface area contributed by atoms with Crippen molar-refractivity contribution in [1.29, 1.82) is 0 Å². The lowest BCUT2D eigenvalue weighted by atomic mass is 10.0. The van der Waals surface area contributed by atoms with Crippen LogP contribution in [0.5, 0.6) is 0 Å². The molecule has 1 aromatic heterocycles. The molecule has 0 aliphatic rings. The highest BCUT2D eigenvalue weighted by Crippen LogP contribution is 2.34. The number of hydrogen-bond donors (Lipinski definition) is 0. The van der Waals surface area contributed by atoms with E-state index in [2.05, 4.69) is 18.8 Å². The predicted octanol–water partition coefficient (Wildman–Crippen LogP) is 5.69. The van der Waals surface area contributed by atoms with Crippen LogP contribution >= 0.6 is 11.3 Å². The van der Waals surface area contributed by atoms with Crippen LogP contribution in [0.1, 0.15) is 51.5 Å². The lowest BCUT2D eigenvalue weighted by Crippen LogP contribution is -2.33. The van der Waals surface area contributed by atoms with Gasteiger partial charge < -0.3 is 0 Å².